The lowest BCUT2D eigenvalue weighted by molar-refractivity contribution is 0.386. The molecule has 4 heteroatoms. The highest BCUT2D eigenvalue weighted by atomic mass is 16.5. The predicted molar refractivity (Wildman–Crippen MR) is 74.2 cm³/mol. The molecule has 2 N–H and O–H groups in total. The number of ether oxygens (including phenoxy) is 1. The molecule has 1 aromatic heterocycles. The molecule has 0 saturated carbocycles. The van der Waals surface area contributed by atoms with Gasteiger partial charge in [0, 0.05) is 11.5 Å². The van der Waals surface area contributed by atoms with Crippen molar-refractivity contribution in [2.75, 3.05) is 12.8 Å². The maximum Gasteiger partial charge on any atom is 0.223 e. The standard InChI is InChI=1S/C15H17N3O/c1-19-14-12-9-5-8-11(10-6-3-2-4-7-10)13(12)17-15(16)18-14/h2-4,6-7,11H,5,8-9H2,1H3,(H2,16,17,18). The summed E-state index contributed by atoms with van der Waals surface area (Å²) in [6, 6.07) is 10.4. The number of rotatable bonds is 2. The van der Waals surface area contributed by atoms with Crippen LogP contribution >= 0.6 is 0 Å². The van der Waals surface area contributed by atoms with Crippen molar-refractivity contribution in [3.05, 3.63) is 47.2 Å². The third-order valence-corrected chi connectivity index (χ3v) is 3.66. The molecule has 0 bridgehead atoms. The summed E-state index contributed by atoms with van der Waals surface area (Å²) in [5.74, 6) is 1.21. The number of aromatic nitrogens is 2. The van der Waals surface area contributed by atoms with Crippen LogP contribution in [0.2, 0.25) is 0 Å². The predicted octanol–water partition coefficient (Wildman–Crippen LogP) is 2.54. The Hall–Kier alpha value is -2.10. The van der Waals surface area contributed by atoms with Crippen molar-refractivity contribution in [3.63, 3.8) is 0 Å². The lowest BCUT2D eigenvalue weighted by atomic mass is 9.82. The highest BCUT2D eigenvalue weighted by Crippen LogP contribution is 2.38. The Balaban J connectivity index is 2.12. The summed E-state index contributed by atoms with van der Waals surface area (Å²) >= 11 is 0. The molecule has 1 aliphatic rings. The molecule has 1 aliphatic carbocycles. The number of nitrogen functional groups attached to an aromatic ring is 1. The fraction of sp³-hybridized carbons (Fsp3) is 0.333. The van der Waals surface area contributed by atoms with Crippen molar-refractivity contribution in [2.45, 2.75) is 25.2 Å². The van der Waals surface area contributed by atoms with Crippen molar-refractivity contribution < 1.29 is 4.74 Å². The zero-order valence-electron chi connectivity index (χ0n) is 11.0. The van der Waals surface area contributed by atoms with Crippen LogP contribution in [0.4, 0.5) is 5.95 Å². The smallest absolute Gasteiger partial charge is 0.223 e. The number of nitrogens with two attached hydrogens (primary N) is 1. The molecule has 0 fully saturated rings. The number of hydrogen-bond donors (Lipinski definition) is 1. The van der Waals surface area contributed by atoms with Gasteiger partial charge in [-0.15, -0.1) is 0 Å². The first-order valence-electron chi connectivity index (χ1n) is 6.55. The Labute approximate surface area is 112 Å². The highest BCUT2D eigenvalue weighted by molar-refractivity contribution is 5.43. The average Bonchev–Trinajstić information content (AvgIpc) is 2.46. The first kappa shape index (κ1) is 12.0. The van der Waals surface area contributed by atoms with E-state index in [2.05, 4.69) is 34.2 Å². The molecule has 0 saturated heterocycles. The van der Waals surface area contributed by atoms with E-state index >= 15 is 0 Å². The summed E-state index contributed by atoms with van der Waals surface area (Å²) in [6.07, 6.45) is 3.18. The first-order chi connectivity index (χ1) is 9.29. The molecule has 0 spiro atoms. The molecule has 98 valence electrons. The average molecular weight is 255 g/mol. The summed E-state index contributed by atoms with van der Waals surface area (Å²) < 4.78 is 5.35. The maximum atomic E-state index is 5.80. The van der Waals surface area contributed by atoms with Crippen LogP contribution in [0.5, 0.6) is 5.88 Å². The fourth-order valence-corrected chi connectivity index (χ4v) is 2.82. The third-order valence-electron chi connectivity index (χ3n) is 3.66. The van der Waals surface area contributed by atoms with Crippen molar-refractivity contribution >= 4 is 5.95 Å². The minimum Gasteiger partial charge on any atom is -0.481 e. The number of benzene rings is 1. The van der Waals surface area contributed by atoms with Crippen LogP contribution < -0.4 is 10.5 Å². The largest absolute Gasteiger partial charge is 0.481 e. The molecular formula is C15H17N3O. The third kappa shape index (κ3) is 2.14. The molecule has 2 aromatic rings. The van der Waals surface area contributed by atoms with Gasteiger partial charge in [-0.05, 0) is 24.8 Å². The normalized spacial score (nSPS) is 17.8. The van der Waals surface area contributed by atoms with Crippen LogP contribution in [0.15, 0.2) is 30.3 Å². The van der Waals surface area contributed by atoms with E-state index in [1.165, 1.54) is 5.56 Å². The summed E-state index contributed by atoms with van der Waals surface area (Å²) in [5, 5.41) is 0. The van der Waals surface area contributed by atoms with Gasteiger partial charge in [0.2, 0.25) is 11.8 Å². The van der Waals surface area contributed by atoms with E-state index in [0.717, 1.165) is 30.5 Å². The van der Waals surface area contributed by atoms with Crippen LogP contribution in [0, 0.1) is 0 Å². The van der Waals surface area contributed by atoms with Crippen LogP contribution in [0.25, 0.3) is 0 Å². The van der Waals surface area contributed by atoms with Gasteiger partial charge in [0.15, 0.2) is 0 Å². The monoisotopic (exact) mass is 255 g/mol. The molecule has 0 radical (unpaired) electrons. The van der Waals surface area contributed by atoms with Crippen molar-refractivity contribution in [3.8, 4) is 5.88 Å². The first-order valence-corrected chi connectivity index (χ1v) is 6.55. The molecule has 4 nitrogen and oxygen atoms in total. The van der Waals surface area contributed by atoms with E-state index in [-0.39, 0.29) is 0 Å². The van der Waals surface area contributed by atoms with Gasteiger partial charge >= 0.3 is 0 Å². The molecule has 0 aliphatic heterocycles. The number of methoxy groups -OCH3 is 1. The van der Waals surface area contributed by atoms with Crippen molar-refractivity contribution in [1.29, 1.82) is 0 Å². The van der Waals surface area contributed by atoms with Gasteiger partial charge in [-0.2, -0.15) is 4.98 Å². The zero-order chi connectivity index (χ0) is 13.2. The van der Waals surface area contributed by atoms with Gasteiger partial charge in [-0.3, -0.25) is 0 Å². The molecule has 1 aromatic carbocycles. The van der Waals surface area contributed by atoms with E-state index < -0.39 is 0 Å². The Bertz CT molecular complexity index is 583. The quantitative estimate of drug-likeness (QED) is 0.895. The molecule has 1 heterocycles. The van der Waals surface area contributed by atoms with E-state index in [9.17, 15) is 0 Å². The SMILES string of the molecule is COc1nc(N)nc2c1CCCC2c1ccccc1. The Kier molecular flexibility index (Phi) is 3.07. The minimum absolute atomic E-state index is 0.290. The molecule has 3 rings (SSSR count). The van der Waals surface area contributed by atoms with E-state index in [1.54, 1.807) is 7.11 Å². The van der Waals surface area contributed by atoms with Crippen LogP contribution in [-0.4, -0.2) is 17.1 Å². The minimum atomic E-state index is 0.290. The summed E-state index contributed by atoms with van der Waals surface area (Å²) in [5.41, 5.74) is 9.22. The fourth-order valence-electron chi connectivity index (χ4n) is 2.82. The second-order valence-corrected chi connectivity index (χ2v) is 4.81. The summed E-state index contributed by atoms with van der Waals surface area (Å²) in [7, 11) is 1.63. The van der Waals surface area contributed by atoms with Gasteiger partial charge in [-0.1, -0.05) is 30.3 Å². The number of fused-ring (bicyclic) bond motifs is 1. The zero-order valence-corrected chi connectivity index (χ0v) is 11.0. The number of hydrogen-bond acceptors (Lipinski definition) is 4. The van der Waals surface area contributed by atoms with Crippen molar-refractivity contribution in [1.82, 2.24) is 9.97 Å². The van der Waals surface area contributed by atoms with Crippen molar-refractivity contribution in [2.24, 2.45) is 0 Å². The Morgan fingerprint density at radius 2 is 2.00 bits per heavy atom. The van der Waals surface area contributed by atoms with Gasteiger partial charge < -0.3 is 10.5 Å². The maximum absolute atomic E-state index is 5.80. The van der Waals surface area contributed by atoms with Gasteiger partial charge in [-0.25, -0.2) is 4.98 Å². The lowest BCUT2D eigenvalue weighted by Gasteiger charge is -2.25. The highest BCUT2D eigenvalue weighted by Gasteiger charge is 2.27. The van der Waals surface area contributed by atoms with Gasteiger partial charge in [0.1, 0.15) is 0 Å². The topological polar surface area (TPSA) is 61.0 Å². The second-order valence-electron chi connectivity index (χ2n) is 4.81. The van der Waals surface area contributed by atoms with Crippen LogP contribution in [0.1, 0.15) is 35.6 Å². The molecular weight excluding hydrogens is 238 g/mol. The molecule has 1 atom stereocenters. The Morgan fingerprint density at radius 3 is 2.74 bits per heavy atom. The van der Waals surface area contributed by atoms with Crippen LogP contribution in [0.3, 0.4) is 0 Å². The summed E-state index contributed by atoms with van der Waals surface area (Å²) in [4.78, 5) is 8.64. The summed E-state index contributed by atoms with van der Waals surface area (Å²) in [6.45, 7) is 0. The van der Waals surface area contributed by atoms with E-state index in [1.807, 2.05) is 6.07 Å². The number of nitrogens with zero attached hydrogens (tertiary/aromatic N) is 2. The van der Waals surface area contributed by atoms with E-state index in [4.69, 9.17) is 10.5 Å². The van der Waals surface area contributed by atoms with Gasteiger partial charge in [0.05, 0.1) is 12.8 Å². The molecule has 1 unspecified atom stereocenters. The molecule has 19 heavy (non-hydrogen) atoms. The second kappa shape index (κ2) is 4.88. The Morgan fingerprint density at radius 1 is 1.21 bits per heavy atom. The number of anilines is 1. The van der Waals surface area contributed by atoms with Crippen LogP contribution in [-0.2, 0) is 6.42 Å². The lowest BCUT2D eigenvalue weighted by Crippen LogP contribution is -2.16. The van der Waals surface area contributed by atoms with E-state index in [0.29, 0.717) is 17.7 Å². The van der Waals surface area contributed by atoms with Gasteiger partial charge in [0.25, 0.3) is 0 Å². The molecule has 0 amide bonds.